The van der Waals surface area contributed by atoms with Crippen molar-refractivity contribution in [3.63, 3.8) is 0 Å². The van der Waals surface area contributed by atoms with Crippen LogP contribution in [0.5, 0.6) is 0 Å². The van der Waals surface area contributed by atoms with Gasteiger partial charge in [0.05, 0.1) is 12.2 Å². The molecule has 24 heavy (non-hydrogen) atoms. The van der Waals surface area contributed by atoms with Crippen molar-refractivity contribution in [1.29, 1.82) is 0 Å². The van der Waals surface area contributed by atoms with Gasteiger partial charge in [-0.25, -0.2) is 4.79 Å². The monoisotopic (exact) mass is 366 g/mol. The highest BCUT2D eigenvalue weighted by Crippen LogP contribution is 2.35. The number of fused-ring (bicyclic) bond motifs is 3. The van der Waals surface area contributed by atoms with Crippen molar-refractivity contribution in [3.8, 4) is 0 Å². The highest BCUT2D eigenvalue weighted by molar-refractivity contribution is 7.18. The Kier molecular flexibility index (Phi) is 5.51. The second kappa shape index (κ2) is 7.23. The van der Waals surface area contributed by atoms with Gasteiger partial charge in [0.15, 0.2) is 11.6 Å². The van der Waals surface area contributed by atoms with Gasteiger partial charge in [-0.15, -0.1) is 23.7 Å². The molecule has 0 radical (unpaired) electrons. The van der Waals surface area contributed by atoms with Crippen molar-refractivity contribution in [2.45, 2.75) is 26.8 Å². The lowest BCUT2D eigenvalue weighted by atomic mass is 10.1. The average molecular weight is 367 g/mol. The first-order chi connectivity index (χ1) is 11.0. The van der Waals surface area contributed by atoms with E-state index in [0.717, 1.165) is 15.5 Å². The summed E-state index contributed by atoms with van der Waals surface area (Å²) in [5.74, 6) is 0.530. The number of nitrogens with zero attached hydrogens (tertiary/aromatic N) is 1. The molecule has 0 unspecified atom stereocenters. The number of hydrogen-bond donors (Lipinski definition) is 1. The van der Waals surface area contributed by atoms with Crippen LogP contribution in [0.4, 0.5) is 0 Å². The van der Waals surface area contributed by atoms with Crippen molar-refractivity contribution in [2.75, 3.05) is 6.61 Å². The van der Waals surface area contributed by atoms with Crippen LogP contribution in [0.3, 0.4) is 0 Å². The first-order valence-corrected chi connectivity index (χ1v) is 8.33. The molecule has 128 valence electrons. The number of carbonyl (C=O) groups excluding carboxylic acids is 1. The van der Waals surface area contributed by atoms with Crippen molar-refractivity contribution in [3.05, 3.63) is 34.9 Å². The lowest BCUT2D eigenvalue weighted by Gasteiger charge is -2.03. The molecule has 0 aliphatic carbocycles. The molecule has 3 aromatic rings. The predicted molar refractivity (Wildman–Crippen MR) is 101 cm³/mol. The summed E-state index contributed by atoms with van der Waals surface area (Å²) < 4.78 is 11.9. The number of nitrogens with two attached hydrogens (primary N) is 1. The first kappa shape index (κ1) is 18.3. The van der Waals surface area contributed by atoms with E-state index in [4.69, 9.17) is 14.9 Å². The van der Waals surface area contributed by atoms with Gasteiger partial charge in [-0.1, -0.05) is 0 Å². The van der Waals surface area contributed by atoms with Crippen LogP contribution in [-0.2, 0) is 4.74 Å². The molecule has 0 bridgehead atoms. The number of aliphatic imine (C=N–C) groups is 1. The Morgan fingerprint density at radius 1 is 1.38 bits per heavy atom. The Morgan fingerprint density at radius 3 is 2.79 bits per heavy atom. The van der Waals surface area contributed by atoms with Crippen LogP contribution in [0.2, 0.25) is 0 Å². The molecule has 2 aromatic heterocycles. The van der Waals surface area contributed by atoms with E-state index in [2.05, 4.69) is 4.99 Å². The number of hydrogen-bond acceptors (Lipinski definition) is 5. The smallest absolute Gasteiger partial charge is 0.338 e. The summed E-state index contributed by atoms with van der Waals surface area (Å²) in [6.45, 7) is 6.02. The van der Waals surface area contributed by atoms with Crippen molar-refractivity contribution < 1.29 is 13.9 Å². The van der Waals surface area contributed by atoms with Crippen LogP contribution in [0.25, 0.3) is 21.1 Å². The number of ether oxygens (including phenoxy) is 1. The summed E-state index contributed by atoms with van der Waals surface area (Å²) >= 11 is 1.56. The Hall–Kier alpha value is -2.05. The number of thiophene rings is 1. The molecule has 0 saturated carbocycles. The summed E-state index contributed by atoms with van der Waals surface area (Å²) in [5, 5.41) is 3.75. The Morgan fingerprint density at radius 2 is 2.12 bits per heavy atom. The number of furan rings is 1. The molecule has 0 aliphatic rings. The van der Waals surface area contributed by atoms with E-state index in [0.29, 0.717) is 29.3 Å². The lowest BCUT2D eigenvalue weighted by molar-refractivity contribution is 0.0528. The second-order valence-corrected chi connectivity index (χ2v) is 6.35. The topological polar surface area (TPSA) is 77.8 Å². The summed E-state index contributed by atoms with van der Waals surface area (Å²) in [5.41, 5.74) is 7.11. The van der Waals surface area contributed by atoms with E-state index in [1.807, 2.05) is 31.4 Å². The first-order valence-electron chi connectivity index (χ1n) is 7.45. The third-order valence-corrected chi connectivity index (χ3v) is 4.33. The molecule has 0 spiro atoms. The Balaban J connectivity index is 0.00000208. The summed E-state index contributed by atoms with van der Waals surface area (Å²) in [6.07, 6.45) is 0. The summed E-state index contributed by atoms with van der Waals surface area (Å²) in [4.78, 5) is 16.5. The van der Waals surface area contributed by atoms with Crippen molar-refractivity contribution >= 4 is 56.6 Å². The maximum absolute atomic E-state index is 12.2. The normalized spacial score (nSPS) is 11.9. The van der Waals surface area contributed by atoms with E-state index in [1.54, 1.807) is 24.3 Å². The zero-order valence-electron chi connectivity index (χ0n) is 13.7. The van der Waals surface area contributed by atoms with Crippen LogP contribution in [0.1, 0.15) is 36.9 Å². The number of halogens is 1. The largest absolute Gasteiger partial charge is 0.462 e. The van der Waals surface area contributed by atoms with Crippen molar-refractivity contribution in [1.82, 2.24) is 0 Å². The van der Waals surface area contributed by atoms with Gasteiger partial charge in [0.1, 0.15) is 5.58 Å². The van der Waals surface area contributed by atoms with Gasteiger partial charge in [-0.05, 0) is 44.4 Å². The highest BCUT2D eigenvalue weighted by atomic mass is 35.5. The molecule has 3 rings (SSSR count). The molecule has 0 fully saturated rings. The number of rotatable bonds is 4. The van der Waals surface area contributed by atoms with Crippen LogP contribution in [-0.4, -0.2) is 24.5 Å². The third-order valence-electron chi connectivity index (χ3n) is 3.38. The fourth-order valence-electron chi connectivity index (χ4n) is 2.47. The Bertz CT molecular complexity index is 911. The van der Waals surface area contributed by atoms with Crippen LogP contribution in [0, 0.1) is 0 Å². The van der Waals surface area contributed by atoms with E-state index < -0.39 is 0 Å². The molecule has 5 nitrogen and oxygen atoms in total. The minimum atomic E-state index is -0.348. The molecule has 2 N–H and O–H groups in total. The van der Waals surface area contributed by atoms with Gasteiger partial charge >= 0.3 is 5.97 Å². The molecular weight excluding hydrogens is 348 g/mol. The second-order valence-electron chi connectivity index (χ2n) is 5.44. The highest BCUT2D eigenvalue weighted by Gasteiger charge is 2.18. The molecule has 0 atom stereocenters. The fourth-order valence-corrected chi connectivity index (χ4v) is 3.41. The number of carbonyl (C=O) groups is 1. The SMILES string of the molecule is CCOC(=O)c1cc2oc(C(N)=NC(C)C)cc2c2sccc12.Cl. The van der Waals surface area contributed by atoms with Gasteiger partial charge in [-0.2, -0.15) is 0 Å². The molecule has 0 aliphatic heterocycles. The maximum Gasteiger partial charge on any atom is 0.338 e. The van der Waals surface area contributed by atoms with Gasteiger partial charge in [0.2, 0.25) is 0 Å². The standard InChI is InChI=1S/C17H18N2O3S.ClH/c1-4-21-17(20)11-7-13-12(15-10(11)5-6-23-15)8-14(22-13)16(18)19-9(2)3;/h5-9H,4H2,1-3H3,(H2,18,19);1H. The number of amidine groups is 1. The third kappa shape index (κ3) is 3.25. The van der Waals surface area contributed by atoms with Gasteiger partial charge < -0.3 is 14.9 Å². The van der Waals surface area contributed by atoms with E-state index in [9.17, 15) is 4.79 Å². The molecule has 7 heteroatoms. The fraction of sp³-hybridized carbons (Fsp3) is 0.294. The van der Waals surface area contributed by atoms with Crippen molar-refractivity contribution in [2.24, 2.45) is 10.7 Å². The summed E-state index contributed by atoms with van der Waals surface area (Å²) in [6, 6.07) is 5.60. The average Bonchev–Trinajstić information content (AvgIpc) is 3.11. The molecule has 1 aromatic carbocycles. The molecular formula is C17H19ClN2O3S. The van der Waals surface area contributed by atoms with Crippen LogP contribution >= 0.6 is 23.7 Å². The maximum atomic E-state index is 12.2. The van der Waals surface area contributed by atoms with E-state index >= 15 is 0 Å². The van der Waals surface area contributed by atoms with E-state index in [1.165, 1.54) is 0 Å². The van der Waals surface area contributed by atoms with Gasteiger partial charge in [-0.3, -0.25) is 4.99 Å². The number of benzene rings is 1. The zero-order valence-corrected chi connectivity index (χ0v) is 15.3. The molecule has 2 heterocycles. The lowest BCUT2D eigenvalue weighted by Crippen LogP contribution is -2.14. The Labute approximate surface area is 149 Å². The van der Waals surface area contributed by atoms with Gasteiger partial charge in [0, 0.05) is 21.5 Å². The van der Waals surface area contributed by atoms with Crippen LogP contribution < -0.4 is 5.73 Å². The van der Waals surface area contributed by atoms with E-state index in [-0.39, 0.29) is 24.4 Å². The molecule has 0 saturated heterocycles. The minimum Gasteiger partial charge on any atom is -0.462 e. The predicted octanol–water partition coefficient (Wildman–Crippen LogP) is 4.36. The van der Waals surface area contributed by atoms with Gasteiger partial charge in [0.25, 0.3) is 0 Å². The number of esters is 1. The quantitative estimate of drug-likeness (QED) is 0.422. The minimum absolute atomic E-state index is 0. The molecule has 0 amide bonds. The summed E-state index contributed by atoms with van der Waals surface area (Å²) in [7, 11) is 0. The zero-order chi connectivity index (χ0) is 16.6. The van der Waals surface area contributed by atoms with Crippen LogP contribution in [0.15, 0.2) is 33.0 Å².